The Balaban J connectivity index is 2.04. The summed E-state index contributed by atoms with van der Waals surface area (Å²) >= 11 is 0. The number of hydrogen-bond acceptors (Lipinski definition) is 9. The molecular formula is C21H24N8O. The van der Waals surface area contributed by atoms with Crippen LogP contribution in [-0.2, 0) is 0 Å². The minimum Gasteiger partial charge on any atom is -0.493 e. The molecule has 0 saturated carbocycles. The van der Waals surface area contributed by atoms with Gasteiger partial charge in [0.25, 0.3) is 0 Å². The molecular weight excluding hydrogens is 380 g/mol. The standard InChI is InChI=1S/C21H24N8O/c1-11(2)6-7-30-15-5-4-13(8-12(15)3)18-16-17(24)14(9-22)19(25)28-20(16)29-21(27-18)26-10-23/h4-5,8,11,18H,6-7H2,1-3H3,(H6,24,25,26,27,28,29). The molecule has 1 aromatic carbocycles. The maximum absolute atomic E-state index is 9.42. The molecule has 9 heteroatoms. The van der Waals surface area contributed by atoms with Crippen LogP contribution in [0.15, 0.2) is 23.2 Å². The Morgan fingerprint density at radius 1 is 1.30 bits per heavy atom. The zero-order valence-electron chi connectivity index (χ0n) is 17.2. The second-order valence-electron chi connectivity index (χ2n) is 7.46. The number of hydrogen-bond donors (Lipinski definition) is 4. The first-order chi connectivity index (χ1) is 14.3. The van der Waals surface area contributed by atoms with E-state index in [-0.39, 0.29) is 23.0 Å². The monoisotopic (exact) mass is 404 g/mol. The minimum absolute atomic E-state index is 0.0169. The number of nitrogens with one attached hydrogen (secondary N) is 2. The molecule has 3 rings (SSSR count). The molecule has 0 aliphatic carbocycles. The molecule has 1 aliphatic rings. The van der Waals surface area contributed by atoms with E-state index in [1.165, 1.54) is 0 Å². The highest BCUT2D eigenvalue weighted by Crippen LogP contribution is 2.41. The van der Waals surface area contributed by atoms with Crippen molar-refractivity contribution in [2.45, 2.75) is 33.2 Å². The van der Waals surface area contributed by atoms with Gasteiger partial charge >= 0.3 is 0 Å². The van der Waals surface area contributed by atoms with Gasteiger partial charge < -0.3 is 21.5 Å². The molecule has 2 aromatic rings. The number of benzene rings is 1. The SMILES string of the molecule is Cc1cc(C2N=C(NC#N)Nc3nc(N)c(C#N)c(N)c32)ccc1OCCC(C)C. The maximum Gasteiger partial charge on any atom is 0.211 e. The van der Waals surface area contributed by atoms with Crippen molar-refractivity contribution in [1.29, 1.82) is 10.5 Å². The molecule has 0 radical (unpaired) electrons. The molecule has 2 heterocycles. The smallest absolute Gasteiger partial charge is 0.211 e. The van der Waals surface area contributed by atoms with Crippen molar-refractivity contribution in [3.05, 3.63) is 40.5 Å². The Bertz CT molecular complexity index is 1080. The number of ether oxygens (including phenoxy) is 1. The third-order valence-corrected chi connectivity index (χ3v) is 4.83. The van der Waals surface area contributed by atoms with Crippen molar-refractivity contribution in [1.82, 2.24) is 10.3 Å². The van der Waals surface area contributed by atoms with Gasteiger partial charge in [-0.25, -0.2) is 9.98 Å². The van der Waals surface area contributed by atoms with Crippen molar-refractivity contribution >= 4 is 23.3 Å². The van der Waals surface area contributed by atoms with Gasteiger partial charge in [-0.2, -0.15) is 10.5 Å². The summed E-state index contributed by atoms with van der Waals surface area (Å²) in [6.45, 7) is 6.91. The van der Waals surface area contributed by atoms with E-state index in [0.717, 1.165) is 23.3 Å². The lowest BCUT2D eigenvalue weighted by Gasteiger charge is -2.26. The molecule has 0 amide bonds. The summed E-state index contributed by atoms with van der Waals surface area (Å²) in [6.07, 6.45) is 2.81. The molecule has 0 bridgehead atoms. The third-order valence-electron chi connectivity index (χ3n) is 4.83. The average Bonchev–Trinajstić information content (AvgIpc) is 2.68. The van der Waals surface area contributed by atoms with Crippen molar-refractivity contribution in [3.8, 4) is 18.0 Å². The summed E-state index contributed by atoms with van der Waals surface area (Å²) in [7, 11) is 0. The topological polar surface area (TPSA) is 158 Å². The van der Waals surface area contributed by atoms with Crippen LogP contribution in [0.4, 0.5) is 17.3 Å². The Hall–Kier alpha value is -3.98. The molecule has 6 N–H and O–H groups in total. The van der Waals surface area contributed by atoms with Gasteiger partial charge in [0, 0.05) is 5.56 Å². The van der Waals surface area contributed by atoms with Crippen LogP contribution in [0.25, 0.3) is 0 Å². The molecule has 0 spiro atoms. The largest absolute Gasteiger partial charge is 0.493 e. The first-order valence-corrected chi connectivity index (χ1v) is 9.57. The predicted octanol–water partition coefficient (Wildman–Crippen LogP) is 2.79. The van der Waals surface area contributed by atoms with E-state index in [0.29, 0.717) is 23.9 Å². The summed E-state index contributed by atoms with van der Waals surface area (Å²) in [5.74, 6) is 1.96. The number of nitrogens with two attached hydrogens (primary N) is 2. The third kappa shape index (κ3) is 4.06. The zero-order valence-corrected chi connectivity index (χ0v) is 17.2. The normalized spacial score (nSPS) is 14.7. The lowest BCUT2D eigenvalue weighted by Crippen LogP contribution is -2.32. The number of anilines is 3. The van der Waals surface area contributed by atoms with Gasteiger partial charge in [-0.1, -0.05) is 19.9 Å². The van der Waals surface area contributed by atoms with E-state index in [9.17, 15) is 5.26 Å². The Kier molecular flexibility index (Phi) is 5.93. The Labute approximate surface area is 175 Å². The van der Waals surface area contributed by atoms with Crippen molar-refractivity contribution in [3.63, 3.8) is 0 Å². The van der Waals surface area contributed by atoms with E-state index >= 15 is 0 Å². The van der Waals surface area contributed by atoms with Crippen LogP contribution in [-0.4, -0.2) is 17.6 Å². The number of nitriles is 2. The molecule has 1 atom stereocenters. The lowest BCUT2D eigenvalue weighted by molar-refractivity contribution is 0.287. The molecule has 9 nitrogen and oxygen atoms in total. The summed E-state index contributed by atoms with van der Waals surface area (Å²) in [6, 6.07) is 7.18. The number of aryl methyl sites for hydroxylation is 1. The highest BCUT2D eigenvalue weighted by molar-refractivity contribution is 5.98. The van der Waals surface area contributed by atoms with Crippen LogP contribution in [0, 0.1) is 35.6 Å². The fourth-order valence-electron chi connectivity index (χ4n) is 3.23. The number of pyridine rings is 1. The number of nitrogens with zero attached hydrogens (tertiary/aromatic N) is 4. The second kappa shape index (κ2) is 8.58. The summed E-state index contributed by atoms with van der Waals surface area (Å²) in [4.78, 5) is 8.83. The van der Waals surface area contributed by atoms with Crippen LogP contribution in [0.2, 0.25) is 0 Å². The number of rotatable bonds is 5. The first-order valence-electron chi connectivity index (χ1n) is 9.57. The van der Waals surface area contributed by atoms with Crippen molar-refractivity contribution < 1.29 is 4.74 Å². The molecule has 0 fully saturated rings. The highest BCUT2D eigenvalue weighted by atomic mass is 16.5. The molecule has 154 valence electrons. The van der Waals surface area contributed by atoms with Gasteiger partial charge in [0.2, 0.25) is 5.96 Å². The fraction of sp³-hybridized carbons (Fsp3) is 0.333. The average molecular weight is 404 g/mol. The lowest BCUT2D eigenvalue weighted by atomic mass is 9.94. The fourth-order valence-corrected chi connectivity index (χ4v) is 3.23. The van der Waals surface area contributed by atoms with E-state index in [1.54, 1.807) is 0 Å². The van der Waals surface area contributed by atoms with Crippen LogP contribution < -0.4 is 26.8 Å². The van der Waals surface area contributed by atoms with E-state index in [2.05, 4.69) is 34.5 Å². The molecule has 30 heavy (non-hydrogen) atoms. The van der Waals surface area contributed by atoms with E-state index < -0.39 is 6.04 Å². The van der Waals surface area contributed by atoms with Crippen LogP contribution in [0.5, 0.6) is 5.75 Å². The highest BCUT2D eigenvalue weighted by Gasteiger charge is 2.29. The van der Waals surface area contributed by atoms with Crippen molar-refractivity contribution in [2.75, 3.05) is 23.4 Å². The second-order valence-corrected chi connectivity index (χ2v) is 7.46. The van der Waals surface area contributed by atoms with E-state index in [4.69, 9.17) is 21.5 Å². The molecule has 1 aliphatic heterocycles. The van der Waals surface area contributed by atoms with Gasteiger partial charge in [0.1, 0.15) is 35.1 Å². The van der Waals surface area contributed by atoms with Gasteiger partial charge in [-0.05, 0) is 42.5 Å². The van der Waals surface area contributed by atoms with E-state index in [1.807, 2.05) is 37.4 Å². The maximum atomic E-state index is 9.42. The summed E-state index contributed by atoms with van der Waals surface area (Å²) in [5, 5.41) is 23.8. The van der Waals surface area contributed by atoms with Crippen LogP contribution in [0.3, 0.4) is 0 Å². The van der Waals surface area contributed by atoms with Crippen LogP contribution in [0.1, 0.15) is 48.6 Å². The first kappa shape index (κ1) is 20.7. The number of aliphatic imine (C=N–C) groups is 1. The van der Waals surface area contributed by atoms with Crippen molar-refractivity contribution in [2.24, 2.45) is 10.9 Å². The van der Waals surface area contributed by atoms with Gasteiger partial charge in [-0.15, -0.1) is 0 Å². The Morgan fingerprint density at radius 2 is 2.07 bits per heavy atom. The summed E-state index contributed by atoms with van der Waals surface area (Å²) in [5.41, 5.74) is 14.8. The molecule has 1 aromatic heterocycles. The number of aromatic nitrogens is 1. The summed E-state index contributed by atoms with van der Waals surface area (Å²) < 4.78 is 5.89. The number of fused-ring (bicyclic) bond motifs is 1. The Morgan fingerprint density at radius 3 is 2.70 bits per heavy atom. The van der Waals surface area contributed by atoms with Gasteiger partial charge in [-0.3, -0.25) is 5.32 Å². The van der Waals surface area contributed by atoms with Gasteiger partial charge in [0.05, 0.1) is 12.3 Å². The number of guanidine groups is 1. The minimum atomic E-state index is -0.569. The number of nitrogen functional groups attached to an aromatic ring is 2. The predicted molar refractivity (Wildman–Crippen MR) is 116 cm³/mol. The zero-order chi connectivity index (χ0) is 21.8. The quantitative estimate of drug-likeness (QED) is 0.437. The van der Waals surface area contributed by atoms with Gasteiger partial charge in [0.15, 0.2) is 6.19 Å². The molecule has 0 saturated heterocycles. The van der Waals surface area contributed by atoms with Crippen LogP contribution >= 0.6 is 0 Å². The molecule has 1 unspecified atom stereocenters.